The molecule has 4 nitrogen and oxygen atoms in total. The molecule has 0 fully saturated rings. The van der Waals surface area contributed by atoms with Crippen LogP contribution in [-0.2, 0) is 6.54 Å². The standard InChI is InChI=1S/C15H18N2O2/c1-11(2)16-10-12-5-3-6-13(9-12)17-15(18)14-7-4-8-19-14/h3-9,11,16H,10H2,1-2H3,(H,17,18). The number of carbonyl (C=O) groups is 1. The number of hydrogen-bond donors (Lipinski definition) is 2. The molecule has 0 unspecified atom stereocenters. The normalized spacial score (nSPS) is 10.7. The first-order valence-electron chi connectivity index (χ1n) is 6.32. The van der Waals surface area contributed by atoms with Crippen molar-refractivity contribution < 1.29 is 9.21 Å². The molecule has 1 aromatic heterocycles. The monoisotopic (exact) mass is 258 g/mol. The van der Waals surface area contributed by atoms with Gasteiger partial charge >= 0.3 is 0 Å². The lowest BCUT2D eigenvalue weighted by Crippen LogP contribution is -2.21. The van der Waals surface area contributed by atoms with Crippen LogP contribution in [0.5, 0.6) is 0 Å². The summed E-state index contributed by atoms with van der Waals surface area (Å²) in [6, 6.07) is 11.5. The first kappa shape index (κ1) is 13.4. The van der Waals surface area contributed by atoms with Crippen molar-refractivity contribution in [2.24, 2.45) is 0 Å². The Labute approximate surface area is 112 Å². The van der Waals surface area contributed by atoms with E-state index in [0.717, 1.165) is 17.8 Å². The topological polar surface area (TPSA) is 54.3 Å². The molecule has 0 saturated carbocycles. The van der Waals surface area contributed by atoms with E-state index in [2.05, 4.69) is 24.5 Å². The fraction of sp³-hybridized carbons (Fsp3) is 0.267. The fourth-order valence-corrected chi connectivity index (χ4v) is 1.68. The third kappa shape index (κ3) is 3.96. The van der Waals surface area contributed by atoms with Crippen LogP contribution in [0.15, 0.2) is 47.1 Å². The second kappa shape index (κ2) is 6.20. The Bertz CT molecular complexity index is 533. The Morgan fingerprint density at radius 3 is 2.79 bits per heavy atom. The second-order valence-electron chi connectivity index (χ2n) is 4.67. The summed E-state index contributed by atoms with van der Waals surface area (Å²) in [5.74, 6) is 0.0738. The van der Waals surface area contributed by atoms with E-state index < -0.39 is 0 Å². The Hall–Kier alpha value is -2.07. The maximum absolute atomic E-state index is 11.8. The Morgan fingerprint density at radius 1 is 1.26 bits per heavy atom. The van der Waals surface area contributed by atoms with Gasteiger partial charge in [0.25, 0.3) is 5.91 Å². The van der Waals surface area contributed by atoms with Gasteiger partial charge in [-0.25, -0.2) is 0 Å². The van der Waals surface area contributed by atoms with Crippen molar-refractivity contribution in [3.8, 4) is 0 Å². The first-order chi connectivity index (χ1) is 9.15. The highest BCUT2D eigenvalue weighted by Gasteiger charge is 2.08. The summed E-state index contributed by atoms with van der Waals surface area (Å²) in [5.41, 5.74) is 1.90. The molecule has 0 atom stereocenters. The zero-order chi connectivity index (χ0) is 13.7. The number of rotatable bonds is 5. The van der Waals surface area contributed by atoms with Gasteiger partial charge in [-0.1, -0.05) is 26.0 Å². The molecular formula is C15H18N2O2. The lowest BCUT2D eigenvalue weighted by Gasteiger charge is -2.09. The summed E-state index contributed by atoms with van der Waals surface area (Å²) in [7, 11) is 0. The van der Waals surface area contributed by atoms with E-state index in [1.807, 2.05) is 24.3 Å². The zero-order valence-electron chi connectivity index (χ0n) is 11.1. The summed E-state index contributed by atoms with van der Waals surface area (Å²) < 4.78 is 5.05. The van der Waals surface area contributed by atoms with Crippen molar-refractivity contribution in [1.29, 1.82) is 0 Å². The van der Waals surface area contributed by atoms with E-state index in [0.29, 0.717) is 11.8 Å². The lowest BCUT2D eigenvalue weighted by atomic mass is 10.2. The van der Waals surface area contributed by atoms with Crippen molar-refractivity contribution in [2.75, 3.05) is 5.32 Å². The molecule has 0 aliphatic carbocycles. The van der Waals surface area contributed by atoms with Crippen molar-refractivity contribution in [1.82, 2.24) is 5.32 Å². The minimum atomic E-state index is -0.237. The van der Waals surface area contributed by atoms with Gasteiger partial charge in [0, 0.05) is 18.3 Å². The van der Waals surface area contributed by atoms with E-state index in [-0.39, 0.29) is 5.91 Å². The van der Waals surface area contributed by atoms with Gasteiger partial charge < -0.3 is 15.1 Å². The molecule has 0 aliphatic rings. The van der Waals surface area contributed by atoms with Crippen LogP contribution in [0, 0.1) is 0 Å². The van der Waals surface area contributed by atoms with Crippen LogP contribution >= 0.6 is 0 Å². The van der Waals surface area contributed by atoms with Crippen LogP contribution in [0.4, 0.5) is 5.69 Å². The number of anilines is 1. The lowest BCUT2D eigenvalue weighted by molar-refractivity contribution is 0.0996. The van der Waals surface area contributed by atoms with Gasteiger partial charge in [0.15, 0.2) is 5.76 Å². The third-order valence-electron chi connectivity index (χ3n) is 2.64. The molecule has 0 radical (unpaired) electrons. The zero-order valence-corrected chi connectivity index (χ0v) is 11.1. The van der Waals surface area contributed by atoms with Crippen LogP contribution in [0.1, 0.15) is 30.0 Å². The highest BCUT2D eigenvalue weighted by Crippen LogP contribution is 2.12. The third-order valence-corrected chi connectivity index (χ3v) is 2.64. The van der Waals surface area contributed by atoms with Crippen molar-refractivity contribution in [3.05, 3.63) is 54.0 Å². The first-order valence-corrected chi connectivity index (χ1v) is 6.32. The number of furan rings is 1. The summed E-state index contributed by atoms with van der Waals surface area (Å²) >= 11 is 0. The number of hydrogen-bond acceptors (Lipinski definition) is 3. The van der Waals surface area contributed by atoms with Gasteiger partial charge in [-0.05, 0) is 29.8 Å². The largest absolute Gasteiger partial charge is 0.459 e. The van der Waals surface area contributed by atoms with E-state index >= 15 is 0 Å². The fourth-order valence-electron chi connectivity index (χ4n) is 1.68. The Kier molecular flexibility index (Phi) is 4.36. The van der Waals surface area contributed by atoms with E-state index in [1.165, 1.54) is 6.26 Å². The highest BCUT2D eigenvalue weighted by atomic mass is 16.3. The predicted molar refractivity (Wildman–Crippen MR) is 75.1 cm³/mol. The highest BCUT2D eigenvalue weighted by molar-refractivity contribution is 6.02. The second-order valence-corrected chi connectivity index (χ2v) is 4.67. The molecule has 1 aromatic carbocycles. The van der Waals surface area contributed by atoms with Crippen LogP contribution in [0.25, 0.3) is 0 Å². The molecule has 0 bridgehead atoms. The predicted octanol–water partition coefficient (Wildman–Crippen LogP) is 3.03. The van der Waals surface area contributed by atoms with E-state index in [1.54, 1.807) is 12.1 Å². The summed E-state index contributed by atoms with van der Waals surface area (Å²) in [5, 5.41) is 6.15. The molecule has 2 aromatic rings. The molecular weight excluding hydrogens is 240 g/mol. The molecule has 0 aliphatic heterocycles. The summed E-state index contributed by atoms with van der Waals surface area (Å²) in [6.07, 6.45) is 1.48. The molecule has 19 heavy (non-hydrogen) atoms. The quantitative estimate of drug-likeness (QED) is 0.866. The van der Waals surface area contributed by atoms with Gasteiger partial charge in [0.2, 0.25) is 0 Å². The minimum Gasteiger partial charge on any atom is -0.459 e. The van der Waals surface area contributed by atoms with Gasteiger partial charge in [0.1, 0.15) is 0 Å². The molecule has 0 spiro atoms. The van der Waals surface area contributed by atoms with Crippen LogP contribution in [0.3, 0.4) is 0 Å². The molecule has 100 valence electrons. The molecule has 2 N–H and O–H groups in total. The SMILES string of the molecule is CC(C)NCc1cccc(NC(=O)c2ccco2)c1. The van der Waals surface area contributed by atoms with Crippen molar-refractivity contribution in [3.63, 3.8) is 0 Å². The van der Waals surface area contributed by atoms with Crippen LogP contribution < -0.4 is 10.6 Å². The molecule has 1 heterocycles. The summed E-state index contributed by atoms with van der Waals surface area (Å²) in [4.78, 5) is 11.8. The maximum atomic E-state index is 11.8. The molecule has 1 amide bonds. The number of nitrogens with one attached hydrogen (secondary N) is 2. The van der Waals surface area contributed by atoms with Gasteiger partial charge in [0.05, 0.1) is 6.26 Å². The minimum absolute atomic E-state index is 0.237. The average Bonchev–Trinajstić information content (AvgIpc) is 2.91. The van der Waals surface area contributed by atoms with Crippen molar-refractivity contribution >= 4 is 11.6 Å². The Balaban J connectivity index is 2.01. The van der Waals surface area contributed by atoms with Gasteiger partial charge in [-0.2, -0.15) is 0 Å². The van der Waals surface area contributed by atoms with E-state index in [9.17, 15) is 4.79 Å². The van der Waals surface area contributed by atoms with Crippen molar-refractivity contribution in [2.45, 2.75) is 26.4 Å². The summed E-state index contributed by atoms with van der Waals surface area (Å²) in [6.45, 7) is 4.98. The van der Waals surface area contributed by atoms with Gasteiger partial charge in [-0.3, -0.25) is 4.79 Å². The smallest absolute Gasteiger partial charge is 0.291 e. The van der Waals surface area contributed by atoms with Gasteiger partial charge in [-0.15, -0.1) is 0 Å². The van der Waals surface area contributed by atoms with Crippen LogP contribution in [-0.4, -0.2) is 11.9 Å². The maximum Gasteiger partial charge on any atom is 0.291 e. The van der Waals surface area contributed by atoms with E-state index in [4.69, 9.17) is 4.42 Å². The number of benzene rings is 1. The number of amides is 1. The molecule has 0 saturated heterocycles. The average molecular weight is 258 g/mol. The molecule has 2 rings (SSSR count). The van der Waals surface area contributed by atoms with Crippen LogP contribution in [0.2, 0.25) is 0 Å². The Morgan fingerprint density at radius 2 is 2.11 bits per heavy atom. The number of carbonyl (C=O) groups excluding carboxylic acids is 1. The molecule has 4 heteroatoms.